The molecule has 1 aliphatic heterocycles. The molecule has 0 atom stereocenters. The van der Waals surface area contributed by atoms with Crippen LogP contribution in [0.1, 0.15) is 0 Å². The summed E-state index contributed by atoms with van der Waals surface area (Å²) in [4.78, 5) is 15.2. The van der Waals surface area contributed by atoms with Gasteiger partial charge in [0.15, 0.2) is 17.5 Å². The normalized spacial score (nSPS) is 11.9. The summed E-state index contributed by atoms with van der Waals surface area (Å²) in [6, 6.07) is 63.8. The predicted molar refractivity (Wildman–Crippen MR) is 228 cm³/mol. The van der Waals surface area contributed by atoms with Gasteiger partial charge in [0.1, 0.15) is 11.2 Å². The van der Waals surface area contributed by atoms with Gasteiger partial charge in [0, 0.05) is 49.4 Å². The lowest BCUT2D eigenvalue weighted by Crippen LogP contribution is -2.00. The Labute approximate surface area is 321 Å². The van der Waals surface area contributed by atoms with Crippen molar-refractivity contribution in [1.29, 1.82) is 0 Å². The van der Waals surface area contributed by atoms with Gasteiger partial charge in [0.05, 0.1) is 16.7 Å². The number of aromatic nitrogens is 4. The van der Waals surface area contributed by atoms with Gasteiger partial charge in [-0.15, -0.1) is 0 Å². The van der Waals surface area contributed by atoms with Gasteiger partial charge in [-0.25, -0.2) is 15.0 Å². The number of rotatable bonds is 4. The largest absolute Gasteiger partial charge is 0.456 e. The van der Waals surface area contributed by atoms with Crippen molar-refractivity contribution in [2.75, 3.05) is 0 Å². The van der Waals surface area contributed by atoms with Crippen LogP contribution < -0.4 is 0 Å². The molecule has 0 aliphatic carbocycles. The molecule has 0 spiro atoms. The van der Waals surface area contributed by atoms with Crippen LogP contribution in [-0.4, -0.2) is 19.5 Å². The maximum atomic E-state index is 6.66. The van der Waals surface area contributed by atoms with E-state index in [1.165, 1.54) is 38.5 Å². The van der Waals surface area contributed by atoms with Crippen LogP contribution in [0.15, 0.2) is 186 Å². The average molecular weight is 715 g/mol. The second-order valence-corrected chi connectivity index (χ2v) is 14.4. The number of fused-ring (bicyclic) bond motifs is 11. The molecule has 0 bridgehead atoms. The van der Waals surface area contributed by atoms with E-state index in [9.17, 15) is 0 Å². The van der Waals surface area contributed by atoms with Crippen LogP contribution in [0, 0.1) is 0 Å². The summed E-state index contributed by atoms with van der Waals surface area (Å²) in [7, 11) is 0. The predicted octanol–water partition coefficient (Wildman–Crippen LogP) is 13.2. The van der Waals surface area contributed by atoms with Crippen molar-refractivity contribution in [1.82, 2.24) is 19.5 Å². The number of hydrogen-bond donors (Lipinski definition) is 0. The van der Waals surface area contributed by atoms with E-state index >= 15 is 0 Å². The van der Waals surface area contributed by atoms with Crippen LogP contribution in [0.3, 0.4) is 0 Å². The molecule has 0 radical (unpaired) electrons. The molecular formula is C51H30N4O. The van der Waals surface area contributed by atoms with Crippen LogP contribution in [0.5, 0.6) is 0 Å². The maximum absolute atomic E-state index is 6.66. The monoisotopic (exact) mass is 714 g/mol. The topological polar surface area (TPSA) is 56.7 Å². The van der Waals surface area contributed by atoms with Crippen molar-refractivity contribution in [3.8, 4) is 73.2 Å². The van der Waals surface area contributed by atoms with Crippen LogP contribution in [0.2, 0.25) is 0 Å². The van der Waals surface area contributed by atoms with Crippen molar-refractivity contribution in [3.63, 3.8) is 0 Å². The molecule has 12 rings (SSSR count). The number of benzene rings is 8. The van der Waals surface area contributed by atoms with E-state index in [1.807, 2.05) is 42.5 Å². The third-order valence-corrected chi connectivity index (χ3v) is 11.2. The van der Waals surface area contributed by atoms with Crippen LogP contribution in [0.4, 0.5) is 0 Å². The lowest BCUT2D eigenvalue weighted by molar-refractivity contribution is 0.669. The van der Waals surface area contributed by atoms with Gasteiger partial charge in [-0.3, -0.25) is 0 Å². The molecule has 0 amide bonds. The van der Waals surface area contributed by atoms with E-state index in [0.29, 0.717) is 17.5 Å². The van der Waals surface area contributed by atoms with Gasteiger partial charge >= 0.3 is 0 Å². The zero-order valence-corrected chi connectivity index (χ0v) is 30.0. The molecule has 260 valence electrons. The molecule has 11 aromatic rings. The SMILES string of the molecule is c1ccc(-c2cccc(-c3nc(-c4ccccc4)nc(-c4ccc5oc6cc7c(cc6c5c4)-n4c5ccccc5c5cccc(c54)-c4ccccc4-7)n3)c2)cc1. The number of nitrogens with zero attached hydrogens (tertiary/aromatic N) is 4. The maximum Gasteiger partial charge on any atom is 0.164 e. The third-order valence-electron chi connectivity index (χ3n) is 11.2. The molecule has 4 heterocycles. The Balaban J connectivity index is 1.08. The summed E-state index contributed by atoms with van der Waals surface area (Å²) >= 11 is 0. The van der Waals surface area contributed by atoms with E-state index in [4.69, 9.17) is 19.4 Å². The average Bonchev–Trinajstić information content (AvgIpc) is 3.77. The van der Waals surface area contributed by atoms with Gasteiger partial charge in [-0.1, -0.05) is 140 Å². The fourth-order valence-electron chi connectivity index (χ4n) is 8.61. The Morgan fingerprint density at radius 2 is 0.911 bits per heavy atom. The van der Waals surface area contributed by atoms with Crippen LogP contribution >= 0.6 is 0 Å². The zero-order valence-electron chi connectivity index (χ0n) is 30.0. The van der Waals surface area contributed by atoms with Gasteiger partial charge < -0.3 is 8.98 Å². The van der Waals surface area contributed by atoms with Gasteiger partial charge in [0.25, 0.3) is 0 Å². The molecule has 0 saturated heterocycles. The molecular weight excluding hydrogens is 685 g/mol. The smallest absolute Gasteiger partial charge is 0.164 e. The fraction of sp³-hybridized carbons (Fsp3) is 0. The summed E-state index contributed by atoms with van der Waals surface area (Å²) in [5.74, 6) is 1.85. The van der Waals surface area contributed by atoms with Gasteiger partial charge in [-0.2, -0.15) is 0 Å². The Morgan fingerprint density at radius 1 is 0.339 bits per heavy atom. The first kappa shape index (κ1) is 30.8. The summed E-state index contributed by atoms with van der Waals surface area (Å²) in [6.07, 6.45) is 0. The second-order valence-electron chi connectivity index (χ2n) is 14.4. The van der Waals surface area contributed by atoms with Crippen molar-refractivity contribution in [2.45, 2.75) is 0 Å². The molecule has 0 fully saturated rings. The molecule has 56 heavy (non-hydrogen) atoms. The highest BCUT2D eigenvalue weighted by molar-refractivity contribution is 6.18. The van der Waals surface area contributed by atoms with E-state index in [1.54, 1.807) is 0 Å². The van der Waals surface area contributed by atoms with Crippen molar-refractivity contribution < 1.29 is 4.42 Å². The molecule has 1 aliphatic rings. The Hall–Kier alpha value is -7.63. The highest BCUT2D eigenvalue weighted by Crippen LogP contribution is 2.48. The van der Waals surface area contributed by atoms with E-state index < -0.39 is 0 Å². The van der Waals surface area contributed by atoms with Crippen molar-refractivity contribution in [3.05, 3.63) is 182 Å². The summed E-state index contributed by atoms with van der Waals surface area (Å²) in [5, 5.41) is 4.53. The minimum Gasteiger partial charge on any atom is -0.456 e. The quantitative estimate of drug-likeness (QED) is 0.182. The standard InChI is InChI=1S/C51H30N4O/c1-3-13-31(14-4-1)33-17-11-18-34(27-33)50-52-49(32-15-5-2-6-16-32)53-51(54-50)35-25-26-46-42(28-35)43-29-45-41(30-47(43)56-46)37-20-8-7-19-36(37)39-22-12-23-40-38-21-9-10-24-44(38)55(45)48(39)40/h1-30H. The Morgan fingerprint density at radius 3 is 1.71 bits per heavy atom. The molecule has 8 aromatic carbocycles. The van der Waals surface area contributed by atoms with Crippen molar-refractivity contribution in [2.24, 2.45) is 0 Å². The molecule has 0 N–H and O–H groups in total. The minimum absolute atomic E-state index is 0.603. The molecule has 5 nitrogen and oxygen atoms in total. The van der Waals surface area contributed by atoms with Gasteiger partial charge in [-0.05, 0) is 64.7 Å². The molecule has 3 aromatic heterocycles. The number of hydrogen-bond acceptors (Lipinski definition) is 4. The zero-order chi connectivity index (χ0) is 36.7. The van der Waals surface area contributed by atoms with E-state index in [0.717, 1.165) is 61.0 Å². The highest BCUT2D eigenvalue weighted by Gasteiger charge is 2.26. The Bertz CT molecular complexity index is 3360. The third kappa shape index (κ3) is 4.64. The Kier molecular flexibility index (Phi) is 6.56. The molecule has 5 heteroatoms. The molecule has 0 saturated carbocycles. The first-order valence-electron chi connectivity index (χ1n) is 18.9. The van der Waals surface area contributed by atoms with Crippen molar-refractivity contribution >= 4 is 43.7 Å². The fourth-order valence-corrected chi connectivity index (χ4v) is 8.61. The minimum atomic E-state index is 0.603. The van der Waals surface area contributed by atoms with E-state index in [-0.39, 0.29) is 0 Å². The first-order chi connectivity index (χ1) is 27.7. The first-order valence-corrected chi connectivity index (χ1v) is 18.9. The lowest BCUT2D eigenvalue weighted by atomic mass is 9.93. The number of furan rings is 1. The molecule has 0 unspecified atom stereocenters. The van der Waals surface area contributed by atoms with Crippen LogP contribution in [0.25, 0.3) is 117 Å². The lowest BCUT2D eigenvalue weighted by Gasteiger charge is -2.13. The van der Waals surface area contributed by atoms with Crippen LogP contribution in [-0.2, 0) is 0 Å². The number of para-hydroxylation sites is 2. The summed E-state index contributed by atoms with van der Waals surface area (Å²) in [5.41, 5.74) is 14.9. The summed E-state index contributed by atoms with van der Waals surface area (Å²) in [6.45, 7) is 0. The highest BCUT2D eigenvalue weighted by atomic mass is 16.3. The second kappa shape index (κ2) is 11.9. The summed E-state index contributed by atoms with van der Waals surface area (Å²) < 4.78 is 9.11. The van der Waals surface area contributed by atoms with Gasteiger partial charge in [0.2, 0.25) is 0 Å². The van der Waals surface area contributed by atoms with E-state index in [2.05, 4.69) is 144 Å².